The zero-order valence-electron chi connectivity index (χ0n) is 13.4. The quantitative estimate of drug-likeness (QED) is 0.426. The highest BCUT2D eigenvalue weighted by Gasteiger charge is 2.11. The highest BCUT2D eigenvalue weighted by molar-refractivity contribution is 14.0. The maximum Gasteiger partial charge on any atom is 0.193 e. The molecule has 2 aromatic rings. The first kappa shape index (κ1) is 19.4. The summed E-state index contributed by atoms with van der Waals surface area (Å²) in [7, 11) is 3.86. The number of thiophene rings is 1. The van der Waals surface area contributed by atoms with Gasteiger partial charge in [-0.15, -0.1) is 35.3 Å². The molecule has 1 atom stereocenters. The van der Waals surface area contributed by atoms with E-state index in [9.17, 15) is 0 Å². The fraction of sp³-hybridized carbons (Fsp3) is 0.467. The van der Waals surface area contributed by atoms with Crippen LogP contribution in [0.25, 0.3) is 0 Å². The third kappa shape index (κ3) is 5.51. The van der Waals surface area contributed by atoms with Crippen molar-refractivity contribution in [3.8, 4) is 0 Å². The lowest BCUT2D eigenvalue weighted by atomic mass is 10.1. The molecule has 0 saturated carbocycles. The van der Waals surface area contributed by atoms with Crippen LogP contribution < -0.4 is 5.32 Å². The topological polar surface area (TPSA) is 40.5 Å². The molecule has 0 fully saturated rings. The molecule has 2 heterocycles. The van der Waals surface area contributed by atoms with E-state index in [0.29, 0.717) is 5.92 Å². The molecule has 2 aromatic heterocycles. The van der Waals surface area contributed by atoms with Gasteiger partial charge in [-0.1, -0.05) is 6.92 Å². The molecule has 7 heteroatoms. The molecule has 0 radical (unpaired) electrons. The number of aryl methyl sites for hydroxylation is 1. The van der Waals surface area contributed by atoms with E-state index in [4.69, 9.17) is 0 Å². The summed E-state index contributed by atoms with van der Waals surface area (Å²) in [4.78, 5) is 11.0. The fourth-order valence-electron chi connectivity index (χ4n) is 2.10. The summed E-state index contributed by atoms with van der Waals surface area (Å²) in [5, 5.41) is 11.0. The lowest BCUT2D eigenvalue weighted by Gasteiger charge is -2.22. The lowest BCUT2D eigenvalue weighted by molar-refractivity contribution is 0.468. The highest BCUT2D eigenvalue weighted by atomic mass is 127. The van der Waals surface area contributed by atoms with Gasteiger partial charge in [-0.25, -0.2) is 4.98 Å². The standard InChI is InChI=1S/C15H22N4S2.HI/c1-11(13-5-6-20-9-13)7-17-15(16-3)19(4)8-14-10-21-12(2)18-14;/h5-6,9-11H,7-8H2,1-4H3,(H,16,17);1H. The molecule has 1 N–H and O–H groups in total. The lowest BCUT2D eigenvalue weighted by Crippen LogP contribution is -2.40. The Balaban J connectivity index is 0.00000242. The molecule has 4 nitrogen and oxygen atoms in total. The van der Waals surface area contributed by atoms with E-state index in [1.807, 2.05) is 21.0 Å². The second kappa shape index (κ2) is 9.46. The molecule has 0 saturated heterocycles. The number of aliphatic imine (C=N–C) groups is 1. The number of guanidine groups is 1. The summed E-state index contributed by atoms with van der Waals surface area (Å²) in [6.45, 7) is 5.91. The van der Waals surface area contributed by atoms with Gasteiger partial charge in [0.25, 0.3) is 0 Å². The number of nitrogens with zero attached hydrogens (tertiary/aromatic N) is 3. The van der Waals surface area contributed by atoms with Crippen molar-refractivity contribution in [3.63, 3.8) is 0 Å². The summed E-state index contributed by atoms with van der Waals surface area (Å²) in [6, 6.07) is 2.18. The van der Waals surface area contributed by atoms with Crippen LogP contribution in [0.5, 0.6) is 0 Å². The number of thiazole rings is 1. The number of hydrogen-bond donors (Lipinski definition) is 1. The molecular weight excluding hydrogens is 427 g/mol. The Kier molecular flexibility index (Phi) is 8.34. The monoisotopic (exact) mass is 450 g/mol. The van der Waals surface area contributed by atoms with Gasteiger partial charge in [0.15, 0.2) is 5.96 Å². The Labute approximate surface area is 157 Å². The van der Waals surface area contributed by atoms with Crippen LogP contribution in [0.2, 0.25) is 0 Å². The number of rotatable bonds is 5. The van der Waals surface area contributed by atoms with Gasteiger partial charge in [-0.2, -0.15) is 11.3 Å². The second-order valence-electron chi connectivity index (χ2n) is 5.10. The van der Waals surface area contributed by atoms with Crippen molar-refractivity contribution >= 4 is 52.6 Å². The Morgan fingerprint density at radius 2 is 2.23 bits per heavy atom. The predicted molar refractivity (Wildman–Crippen MR) is 108 cm³/mol. The van der Waals surface area contributed by atoms with Gasteiger partial charge in [0, 0.05) is 26.0 Å². The first-order valence-electron chi connectivity index (χ1n) is 6.95. The third-order valence-electron chi connectivity index (χ3n) is 3.32. The Morgan fingerprint density at radius 3 is 2.77 bits per heavy atom. The van der Waals surface area contributed by atoms with E-state index in [-0.39, 0.29) is 24.0 Å². The molecule has 0 amide bonds. The number of hydrogen-bond acceptors (Lipinski definition) is 4. The average Bonchev–Trinajstić information content (AvgIpc) is 3.11. The van der Waals surface area contributed by atoms with Gasteiger partial charge in [0.2, 0.25) is 0 Å². The van der Waals surface area contributed by atoms with Gasteiger partial charge in [-0.3, -0.25) is 4.99 Å². The second-order valence-corrected chi connectivity index (χ2v) is 6.94. The van der Waals surface area contributed by atoms with Gasteiger partial charge in [0.1, 0.15) is 0 Å². The first-order chi connectivity index (χ1) is 10.1. The molecule has 0 aliphatic heterocycles. The van der Waals surface area contributed by atoms with Crippen LogP contribution in [0.3, 0.4) is 0 Å². The van der Waals surface area contributed by atoms with Crippen LogP contribution in [0.4, 0.5) is 0 Å². The zero-order valence-corrected chi connectivity index (χ0v) is 17.3. The van der Waals surface area contributed by atoms with Crippen molar-refractivity contribution in [2.75, 3.05) is 20.6 Å². The third-order valence-corrected chi connectivity index (χ3v) is 4.84. The summed E-state index contributed by atoms with van der Waals surface area (Å²) >= 11 is 3.43. The van der Waals surface area contributed by atoms with Crippen molar-refractivity contribution in [1.29, 1.82) is 0 Å². The van der Waals surface area contributed by atoms with Crippen LogP contribution in [0.15, 0.2) is 27.2 Å². The van der Waals surface area contributed by atoms with Crippen LogP contribution in [0, 0.1) is 6.92 Å². The van der Waals surface area contributed by atoms with E-state index in [1.54, 1.807) is 22.7 Å². The SMILES string of the molecule is CN=C(NCC(C)c1ccsc1)N(C)Cc1csc(C)n1.I. The Morgan fingerprint density at radius 1 is 1.45 bits per heavy atom. The van der Waals surface area contributed by atoms with Crippen LogP contribution in [-0.2, 0) is 6.54 Å². The van der Waals surface area contributed by atoms with E-state index in [0.717, 1.165) is 29.8 Å². The largest absolute Gasteiger partial charge is 0.356 e. The van der Waals surface area contributed by atoms with E-state index in [2.05, 4.69) is 49.3 Å². The van der Waals surface area contributed by atoms with Crippen molar-refractivity contribution in [3.05, 3.63) is 38.5 Å². The summed E-state index contributed by atoms with van der Waals surface area (Å²) in [5.41, 5.74) is 2.47. The minimum Gasteiger partial charge on any atom is -0.356 e. The fourth-order valence-corrected chi connectivity index (χ4v) is 3.49. The van der Waals surface area contributed by atoms with Crippen LogP contribution >= 0.6 is 46.7 Å². The van der Waals surface area contributed by atoms with Gasteiger partial charge in [-0.05, 0) is 35.2 Å². The predicted octanol–water partition coefficient (Wildman–Crippen LogP) is 3.94. The normalized spacial score (nSPS) is 12.6. The van der Waals surface area contributed by atoms with Crippen molar-refractivity contribution in [2.45, 2.75) is 26.3 Å². The summed E-state index contributed by atoms with van der Waals surface area (Å²) < 4.78 is 0. The number of aromatic nitrogens is 1. The number of nitrogens with one attached hydrogen (secondary N) is 1. The summed E-state index contributed by atoms with van der Waals surface area (Å²) in [6.07, 6.45) is 0. The average molecular weight is 450 g/mol. The molecule has 1 unspecified atom stereocenters. The molecule has 0 aliphatic rings. The van der Waals surface area contributed by atoms with E-state index < -0.39 is 0 Å². The zero-order chi connectivity index (χ0) is 15.2. The van der Waals surface area contributed by atoms with Crippen molar-refractivity contribution in [2.24, 2.45) is 4.99 Å². The Bertz CT molecular complexity index is 580. The van der Waals surface area contributed by atoms with Crippen LogP contribution in [-0.4, -0.2) is 36.5 Å². The minimum atomic E-state index is 0. The maximum absolute atomic E-state index is 4.50. The molecule has 0 aromatic carbocycles. The molecule has 0 spiro atoms. The highest BCUT2D eigenvalue weighted by Crippen LogP contribution is 2.17. The van der Waals surface area contributed by atoms with Gasteiger partial charge < -0.3 is 10.2 Å². The molecule has 22 heavy (non-hydrogen) atoms. The smallest absolute Gasteiger partial charge is 0.193 e. The van der Waals surface area contributed by atoms with E-state index in [1.165, 1.54) is 5.56 Å². The molecular formula is C15H23IN4S2. The van der Waals surface area contributed by atoms with E-state index >= 15 is 0 Å². The van der Waals surface area contributed by atoms with Gasteiger partial charge in [0.05, 0.1) is 17.2 Å². The molecule has 0 bridgehead atoms. The molecule has 2 rings (SSSR count). The minimum absolute atomic E-state index is 0. The molecule has 0 aliphatic carbocycles. The Hall–Kier alpha value is -0.670. The summed E-state index contributed by atoms with van der Waals surface area (Å²) in [5.74, 6) is 1.38. The van der Waals surface area contributed by atoms with Crippen molar-refractivity contribution < 1.29 is 0 Å². The first-order valence-corrected chi connectivity index (χ1v) is 8.77. The van der Waals surface area contributed by atoms with Crippen molar-refractivity contribution in [1.82, 2.24) is 15.2 Å². The molecule has 122 valence electrons. The van der Waals surface area contributed by atoms with Gasteiger partial charge >= 0.3 is 0 Å². The van der Waals surface area contributed by atoms with Crippen LogP contribution in [0.1, 0.15) is 29.1 Å². The number of halogens is 1. The maximum atomic E-state index is 4.50.